The molecule has 0 unspecified atom stereocenters. The fourth-order valence-corrected chi connectivity index (χ4v) is 4.15. The molecular formula is C15H23NO3S. The zero-order chi connectivity index (χ0) is 14.8. The highest BCUT2D eigenvalue weighted by molar-refractivity contribution is 7.89. The Morgan fingerprint density at radius 1 is 1.20 bits per heavy atom. The van der Waals surface area contributed by atoms with E-state index in [0.717, 1.165) is 36.8 Å². The van der Waals surface area contributed by atoms with Crippen molar-refractivity contribution in [2.75, 3.05) is 6.61 Å². The number of nitrogens with one attached hydrogen (secondary N) is 1. The maximum Gasteiger partial charge on any atom is 0.240 e. The van der Waals surface area contributed by atoms with Crippen molar-refractivity contribution in [2.45, 2.75) is 50.5 Å². The van der Waals surface area contributed by atoms with E-state index in [2.05, 4.69) is 4.72 Å². The molecule has 0 aromatic heterocycles. The lowest BCUT2D eigenvalue weighted by molar-refractivity contribution is 0.164. The van der Waals surface area contributed by atoms with Crippen molar-refractivity contribution in [2.24, 2.45) is 5.92 Å². The van der Waals surface area contributed by atoms with Crippen LogP contribution in [0.5, 0.6) is 0 Å². The van der Waals surface area contributed by atoms with E-state index in [4.69, 9.17) is 0 Å². The number of hydrogen-bond donors (Lipinski definition) is 2. The average molecular weight is 297 g/mol. The van der Waals surface area contributed by atoms with Crippen LogP contribution in [0.3, 0.4) is 0 Å². The first-order valence-electron chi connectivity index (χ1n) is 7.14. The summed E-state index contributed by atoms with van der Waals surface area (Å²) in [4.78, 5) is 0.308. The number of aliphatic hydroxyl groups is 1. The summed E-state index contributed by atoms with van der Waals surface area (Å²) < 4.78 is 27.6. The fourth-order valence-electron chi connectivity index (χ4n) is 2.73. The summed E-state index contributed by atoms with van der Waals surface area (Å²) in [6.45, 7) is 3.91. The second-order valence-electron chi connectivity index (χ2n) is 5.70. The molecular weight excluding hydrogens is 274 g/mol. The summed E-state index contributed by atoms with van der Waals surface area (Å²) >= 11 is 0. The topological polar surface area (TPSA) is 66.4 Å². The number of sulfonamides is 1. The van der Waals surface area contributed by atoms with Crippen LogP contribution in [-0.4, -0.2) is 26.2 Å². The summed E-state index contributed by atoms with van der Waals surface area (Å²) in [5.41, 5.74) is 2.05. The predicted molar refractivity (Wildman–Crippen MR) is 79.1 cm³/mol. The van der Waals surface area contributed by atoms with Crippen molar-refractivity contribution in [3.05, 3.63) is 29.3 Å². The first-order valence-corrected chi connectivity index (χ1v) is 8.63. The van der Waals surface area contributed by atoms with Crippen molar-refractivity contribution in [3.63, 3.8) is 0 Å². The van der Waals surface area contributed by atoms with Gasteiger partial charge < -0.3 is 5.11 Å². The molecule has 1 aliphatic carbocycles. The third-order valence-corrected chi connectivity index (χ3v) is 5.73. The largest absolute Gasteiger partial charge is 0.396 e. The molecule has 112 valence electrons. The zero-order valence-electron chi connectivity index (χ0n) is 12.1. The molecule has 2 N–H and O–H groups in total. The molecule has 0 amide bonds. The molecule has 0 aliphatic heterocycles. The van der Waals surface area contributed by atoms with Crippen LogP contribution >= 0.6 is 0 Å². The quantitative estimate of drug-likeness (QED) is 0.894. The van der Waals surface area contributed by atoms with Crippen LogP contribution in [0.2, 0.25) is 0 Å². The Labute approximate surface area is 121 Å². The van der Waals surface area contributed by atoms with Gasteiger partial charge in [0, 0.05) is 12.6 Å². The number of hydrogen-bond acceptors (Lipinski definition) is 3. The van der Waals surface area contributed by atoms with Crippen LogP contribution in [-0.2, 0) is 10.0 Å². The number of aryl methyl sites for hydroxylation is 2. The molecule has 0 bridgehead atoms. The predicted octanol–water partition coefficient (Wildman–Crippen LogP) is 2.13. The molecule has 4 nitrogen and oxygen atoms in total. The lowest BCUT2D eigenvalue weighted by Gasteiger charge is -2.30. The van der Waals surface area contributed by atoms with Crippen LogP contribution in [0.15, 0.2) is 23.1 Å². The summed E-state index contributed by atoms with van der Waals surface area (Å²) in [6.07, 6.45) is 3.76. The molecule has 0 heterocycles. The van der Waals surface area contributed by atoms with E-state index in [-0.39, 0.29) is 18.6 Å². The highest BCUT2D eigenvalue weighted by Crippen LogP contribution is 2.25. The summed E-state index contributed by atoms with van der Waals surface area (Å²) in [5.74, 6) is 0.0325. The van der Waals surface area contributed by atoms with Gasteiger partial charge in [-0.05, 0) is 55.9 Å². The molecule has 0 saturated heterocycles. The Morgan fingerprint density at radius 3 is 2.55 bits per heavy atom. The van der Waals surface area contributed by atoms with Crippen LogP contribution in [0.4, 0.5) is 0 Å². The van der Waals surface area contributed by atoms with Gasteiger partial charge in [-0.3, -0.25) is 0 Å². The van der Waals surface area contributed by atoms with Crippen molar-refractivity contribution < 1.29 is 13.5 Å². The van der Waals surface area contributed by atoms with E-state index >= 15 is 0 Å². The standard InChI is InChI=1S/C15H23NO3S/c1-11-7-8-14(9-12(11)2)20(18,19)16-15-6-4-3-5-13(15)10-17/h7-9,13,15-17H,3-6,10H2,1-2H3/t13-,15+/m1/s1. The number of aliphatic hydroxyl groups excluding tert-OH is 1. The van der Waals surface area contributed by atoms with Crippen molar-refractivity contribution >= 4 is 10.0 Å². The van der Waals surface area contributed by atoms with Gasteiger partial charge in [-0.1, -0.05) is 18.9 Å². The highest BCUT2D eigenvalue weighted by atomic mass is 32.2. The molecule has 1 fully saturated rings. The minimum Gasteiger partial charge on any atom is -0.396 e. The average Bonchev–Trinajstić information content (AvgIpc) is 2.42. The minimum absolute atomic E-state index is 0.0325. The Bertz CT molecular complexity index is 568. The highest BCUT2D eigenvalue weighted by Gasteiger charge is 2.29. The lowest BCUT2D eigenvalue weighted by Crippen LogP contribution is -2.43. The zero-order valence-corrected chi connectivity index (χ0v) is 12.9. The van der Waals surface area contributed by atoms with Crippen LogP contribution in [0.1, 0.15) is 36.8 Å². The van der Waals surface area contributed by atoms with Gasteiger partial charge in [-0.2, -0.15) is 0 Å². The van der Waals surface area contributed by atoms with Crippen LogP contribution in [0, 0.1) is 19.8 Å². The SMILES string of the molecule is Cc1ccc(S(=O)(=O)N[C@H]2CCCC[C@@H]2CO)cc1C. The van der Waals surface area contributed by atoms with Crippen molar-refractivity contribution in [1.82, 2.24) is 4.72 Å². The maximum absolute atomic E-state index is 12.4. The molecule has 1 saturated carbocycles. The number of rotatable bonds is 4. The molecule has 2 rings (SSSR count). The lowest BCUT2D eigenvalue weighted by atomic mass is 9.86. The van der Waals surface area contributed by atoms with Crippen LogP contribution in [0.25, 0.3) is 0 Å². The van der Waals surface area contributed by atoms with Gasteiger partial charge in [-0.25, -0.2) is 13.1 Å². The first kappa shape index (κ1) is 15.5. The Morgan fingerprint density at radius 2 is 1.90 bits per heavy atom. The van der Waals surface area contributed by atoms with Gasteiger partial charge in [0.1, 0.15) is 0 Å². The Balaban J connectivity index is 2.19. The second-order valence-corrected chi connectivity index (χ2v) is 7.41. The van der Waals surface area contributed by atoms with Gasteiger partial charge in [-0.15, -0.1) is 0 Å². The van der Waals surface area contributed by atoms with Gasteiger partial charge in [0.2, 0.25) is 10.0 Å². The van der Waals surface area contributed by atoms with E-state index in [1.165, 1.54) is 0 Å². The minimum atomic E-state index is -3.50. The summed E-state index contributed by atoms with van der Waals surface area (Å²) in [7, 11) is -3.50. The number of benzene rings is 1. The van der Waals surface area contributed by atoms with Gasteiger partial charge >= 0.3 is 0 Å². The molecule has 2 atom stereocenters. The van der Waals surface area contributed by atoms with E-state index < -0.39 is 10.0 Å². The van der Waals surface area contributed by atoms with E-state index in [0.29, 0.717) is 4.90 Å². The molecule has 0 radical (unpaired) electrons. The van der Waals surface area contributed by atoms with Crippen molar-refractivity contribution in [3.8, 4) is 0 Å². The molecule has 1 aromatic rings. The van der Waals surface area contributed by atoms with Crippen LogP contribution < -0.4 is 4.72 Å². The second kappa shape index (κ2) is 6.24. The first-order chi connectivity index (χ1) is 9.44. The summed E-state index contributed by atoms with van der Waals surface area (Å²) in [5, 5.41) is 9.37. The monoisotopic (exact) mass is 297 g/mol. The smallest absolute Gasteiger partial charge is 0.240 e. The third-order valence-electron chi connectivity index (χ3n) is 4.24. The molecule has 1 aliphatic rings. The van der Waals surface area contributed by atoms with Gasteiger partial charge in [0.25, 0.3) is 0 Å². The van der Waals surface area contributed by atoms with Crippen molar-refractivity contribution in [1.29, 1.82) is 0 Å². The Kier molecular flexibility index (Phi) is 4.83. The third kappa shape index (κ3) is 3.40. The molecule has 5 heteroatoms. The van der Waals surface area contributed by atoms with E-state index in [9.17, 15) is 13.5 Å². The maximum atomic E-state index is 12.4. The molecule has 1 aromatic carbocycles. The van der Waals surface area contributed by atoms with E-state index in [1.54, 1.807) is 12.1 Å². The van der Waals surface area contributed by atoms with Gasteiger partial charge in [0.05, 0.1) is 4.90 Å². The normalized spacial score (nSPS) is 23.8. The Hall–Kier alpha value is -0.910. The molecule has 20 heavy (non-hydrogen) atoms. The summed E-state index contributed by atoms with van der Waals surface area (Å²) in [6, 6.07) is 5.02. The van der Waals surface area contributed by atoms with E-state index in [1.807, 2.05) is 19.9 Å². The van der Waals surface area contributed by atoms with Gasteiger partial charge in [0.15, 0.2) is 0 Å². The fraction of sp³-hybridized carbons (Fsp3) is 0.600. The molecule has 0 spiro atoms.